The molecule has 1 fully saturated rings. The minimum atomic E-state index is 0.342. The molecule has 0 radical (unpaired) electrons. The second kappa shape index (κ2) is 7.62. The van der Waals surface area contributed by atoms with Gasteiger partial charge in [-0.3, -0.25) is 0 Å². The van der Waals surface area contributed by atoms with Crippen LogP contribution in [0.1, 0.15) is 71.5 Å². The molecule has 0 aromatic carbocycles. The SMILES string of the molecule is CCNc1cc(NC(C)C2CCCCC2)nc(C(C)C)n1. The van der Waals surface area contributed by atoms with Crippen LogP contribution in [0.4, 0.5) is 11.6 Å². The highest BCUT2D eigenvalue weighted by molar-refractivity contribution is 5.48. The summed E-state index contributed by atoms with van der Waals surface area (Å²) < 4.78 is 0. The van der Waals surface area contributed by atoms with E-state index < -0.39 is 0 Å². The van der Waals surface area contributed by atoms with Crippen molar-refractivity contribution >= 4 is 11.6 Å². The van der Waals surface area contributed by atoms with Crippen molar-refractivity contribution in [1.29, 1.82) is 0 Å². The average Bonchev–Trinajstić information content (AvgIpc) is 2.48. The molecule has 1 aromatic rings. The Hall–Kier alpha value is -1.32. The second-order valence-electron chi connectivity index (χ2n) is 6.51. The van der Waals surface area contributed by atoms with Gasteiger partial charge in [0.1, 0.15) is 17.5 Å². The quantitative estimate of drug-likeness (QED) is 0.814. The number of rotatable bonds is 6. The lowest BCUT2D eigenvalue weighted by Crippen LogP contribution is -2.28. The van der Waals surface area contributed by atoms with E-state index in [0.29, 0.717) is 12.0 Å². The van der Waals surface area contributed by atoms with Gasteiger partial charge in [0.2, 0.25) is 0 Å². The van der Waals surface area contributed by atoms with Crippen LogP contribution in [0.3, 0.4) is 0 Å². The third-order valence-corrected chi connectivity index (χ3v) is 4.35. The van der Waals surface area contributed by atoms with Crippen molar-refractivity contribution in [1.82, 2.24) is 9.97 Å². The Bertz CT molecular complexity index is 438. The molecule has 1 saturated carbocycles. The van der Waals surface area contributed by atoms with E-state index in [1.807, 2.05) is 6.07 Å². The van der Waals surface area contributed by atoms with Gasteiger partial charge in [-0.15, -0.1) is 0 Å². The summed E-state index contributed by atoms with van der Waals surface area (Å²) in [5.41, 5.74) is 0. The van der Waals surface area contributed by atoms with Crippen molar-refractivity contribution in [3.63, 3.8) is 0 Å². The van der Waals surface area contributed by atoms with Gasteiger partial charge in [-0.2, -0.15) is 0 Å². The van der Waals surface area contributed by atoms with Crippen molar-refractivity contribution in [2.75, 3.05) is 17.2 Å². The molecule has 4 nitrogen and oxygen atoms in total. The Labute approximate surface area is 129 Å². The fourth-order valence-corrected chi connectivity index (χ4v) is 3.05. The molecule has 2 rings (SSSR count). The maximum Gasteiger partial charge on any atom is 0.135 e. The largest absolute Gasteiger partial charge is 0.370 e. The monoisotopic (exact) mass is 290 g/mol. The lowest BCUT2D eigenvalue weighted by atomic mass is 9.84. The predicted octanol–water partition coefficient (Wildman–Crippen LogP) is 4.41. The van der Waals surface area contributed by atoms with Crippen LogP contribution < -0.4 is 10.6 Å². The molecule has 118 valence electrons. The lowest BCUT2D eigenvalue weighted by molar-refractivity contribution is 0.328. The van der Waals surface area contributed by atoms with Crippen molar-refractivity contribution in [2.24, 2.45) is 5.92 Å². The van der Waals surface area contributed by atoms with Crippen LogP contribution in [0, 0.1) is 5.92 Å². The minimum absolute atomic E-state index is 0.342. The summed E-state index contributed by atoms with van der Waals surface area (Å²) in [5, 5.41) is 6.92. The molecule has 4 heteroatoms. The van der Waals surface area contributed by atoms with Gasteiger partial charge in [0.05, 0.1) is 0 Å². The van der Waals surface area contributed by atoms with Crippen LogP contribution in [0.5, 0.6) is 0 Å². The van der Waals surface area contributed by atoms with Crippen molar-refractivity contribution in [2.45, 2.75) is 71.8 Å². The van der Waals surface area contributed by atoms with Gasteiger partial charge in [0, 0.05) is 24.6 Å². The smallest absolute Gasteiger partial charge is 0.135 e. The highest BCUT2D eigenvalue weighted by Gasteiger charge is 2.20. The van der Waals surface area contributed by atoms with Crippen LogP contribution in [0.25, 0.3) is 0 Å². The first-order chi connectivity index (χ1) is 10.1. The molecule has 2 N–H and O–H groups in total. The van der Waals surface area contributed by atoms with Crippen LogP contribution >= 0.6 is 0 Å². The summed E-state index contributed by atoms with van der Waals surface area (Å²) in [5.74, 6) is 3.91. The molecule has 0 saturated heterocycles. The molecule has 1 heterocycles. The molecular formula is C17H30N4. The third kappa shape index (κ3) is 4.58. The normalized spacial score (nSPS) is 17.8. The van der Waals surface area contributed by atoms with Crippen LogP contribution in [0.15, 0.2) is 6.07 Å². The molecule has 21 heavy (non-hydrogen) atoms. The van der Waals surface area contributed by atoms with Crippen molar-refractivity contribution in [3.05, 3.63) is 11.9 Å². The maximum atomic E-state index is 4.69. The lowest BCUT2D eigenvalue weighted by Gasteiger charge is -2.28. The minimum Gasteiger partial charge on any atom is -0.370 e. The van der Waals surface area contributed by atoms with E-state index in [9.17, 15) is 0 Å². The van der Waals surface area contributed by atoms with Gasteiger partial charge in [-0.1, -0.05) is 33.1 Å². The number of aromatic nitrogens is 2. The van der Waals surface area contributed by atoms with Crippen LogP contribution in [0.2, 0.25) is 0 Å². The first-order valence-corrected chi connectivity index (χ1v) is 8.49. The number of nitrogens with one attached hydrogen (secondary N) is 2. The molecular weight excluding hydrogens is 260 g/mol. The van der Waals surface area contributed by atoms with Crippen molar-refractivity contribution < 1.29 is 0 Å². The summed E-state index contributed by atoms with van der Waals surface area (Å²) in [4.78, 5) is 9.27. The van der Waals surface area contributed by atoms with E-state index in [1.54, 1.807) is 0 Å². The van der Waals surface area contributed by atoms with E-state index in [-0.39, 0.29) is 0 Å². The molecule has 1 aromatic heterocycles. The summed E-state index contributed by atoms with van der Waals surface area (Å²) in [6.45, 7) is 9.54. The second-order valence-corrected chi connectivity index (χ2v) is 6.51. The van der Waals surface area contributed by atoms with Gasteiger partial charge in [-0.25, -0.2) is 9.97 Å². The zero-order chi connectivity index (χ0) is 15.2. The maximum absolute atomic E-state index is 4.69. The molecule has 1 unspecified atom stereocenters. The number of hydrogen-bond acceptors (Lipinski definition) is 4. The molecule has 1 aliphatic carbocycles. The highest BCUT2D eigenvalue weighted by Crippen LogP contribution is 2.28. The summed E-state index contributed by atoms with van der Waals surface area (Å²) in [6.07, 6.45) is 6.84. The summed E-state index contributed by atoms with van der Waals surface area (Å²) >= 11 is 0. The molecule has 1 aliphatic rings. The van der Waals surface area contributed by atoms with Gasteiger partial charge in [0.15, 0.2) is 0 Å². The van der Waals surface area contributed by atoms with Crippen molar-refractivity contribution in [3.8, 4) is 0 Å². The Morgan fingerprint density at radius 3 is 2.38 bits per heavy atom. The summed E-state index contributed by atoms with van der Waals surface area (Å²) in [7, 11) is 0. The van der Waals surface area contributed by atoms with E-state index in [4.69, 9.17) is 0 Å². The zero-order valence-electron chi connectivity index (χ0n) is 13.9. The highest BCUT2D eigenvalue weighted by atomic mass is 15.1. The van der Waals surface area contributed by atoms with E-state index in [1.165, 1.54) is 32.1 Å². The van der Waals surface area contributed by atoms with Crippen LogP contribution in [-0.4, -0.2) is 22.6 Å². The molecule has 1 atom stereocenters. The van der Waals surface area contributed by atoms with Gasteiger partial charge in [-0.05, 0) is 32.6 Å². The molecule has 0 aliphatic heterocycles. The Morgan fingerprint density at radius 1 is 1.10 bits per heavy atom. The van der Waals surface area contributed by atoms with E-state index in [0.717, 1.165) is 29.9 Å². The van der Waals surface area contributed by atoms with E-state index >= 15 is 0 Å². The number of hydrogen-bond donors (Lipinski definition) is 2. The standard InChI is InChI=1S/C17H30N4/c1-5-18-15-11-16(21-17(20-15)12(2)3)19-13(4)14-9-7-6-8-10-14/h11-14H,5-10H2,1-4H3,(H2,18,19,20,21). The summed E-state index contributed by atoms with van der Waals surface area (Å²) in [6, 6.07) is 2.52. The van der Waals surface area contributed by atoms with Gasteiger partial charge >= 0.3 is 0 Å². The predicted molar refractivity (Wildman–Crippen MR) is 89.9 cm³/mol. The van der Waals surface area contributed by atoms with Crippen LogP contribution in [-0.2, 0) is 0 Å². The average molecular weight is 290 g/mol. The van der Waals surface area contributed by atoms with E-state index in [2.05, 4.69) is 48.3 Å². The zero-order valence-corrected chi connectivity index (χ0v) is 13.9. The Balaban J connectivity index is 2.09. The Kier molecular flexibility index (Phi) is 5.83. The molecule has 0 amide bonds. The number of anilines is 2. The number of nitrogens with zero attached hydrogens (tertiary/aromatic N) is 2. The molecule has 0 spiro atoms. The first kappa shape index (κ1) is 16.1. The Morgan fingerprint density at radius 2 is 1.76 bits per heavy atom. The fraction of sp³-hybridized carbons (Fsp3) is 0.765. The molecule has 0 bridgehead atoms. The van der Waals surface area contributed by atoms with Gasteiger partial charge < -0.3 is 10.6 Å². The first-order valence-electron chi connectivity index (χ1n) is 8.49. The topological polar surface area (TPSA) is 49.8 Å². The fourth-order valence-electron chi connectivity index (χ4n) is 3.05. The third-order valence-electron chi connectivity index (χ3n) is 4.35. The van der Waals surface area contributed by atoms with Gasteiger partial charge in [0.25, 0.3) is 0 Å².